The van der Waals surface area contributed by atoms with Crippen molar-refractivity contribution >= 4 is 86.4 Å². The van der Waals surface area contributed by atoms with Gasteiger partial charge in [-0.3, -0.25) is 0 Å². The molecule has 0 amide bonds. The molecule has 0 saturated heterocycles. The van der Waals surface area contributed by atoms with Gasteiger partial charge in [0.2, 0.25) is 0 Å². The van der Waals surface area contributed by atoms with E-state index in [1.165, 1.54) is 0 Å². The minimum Gasteiger partial charge on any atom is -0.464 e. The Morgan fingerprint density at radius 2 is 0.866 bits per heavy atom. The van der Waals surface area contributed by atoms with Crippen LogP contribution in [0.3, 0.4) is 0 Å². The first-order valence-electron chi connectivity index (χ1n) is 22.2. The van der Waals surface area contributed by atoms with E-state index in [0.29, 0.717) is 12.0 Å². The minimum absolute atomic E-state index is 0.555. The Morgan fingerprint density at radius 3 is 1.45 bits per heavy atom. The second-order valence-corrected chi connectivity index (χ2v) is 16.8. The highest BCUT2D eigenvalue weighted by Gasteiger charge is 2.17. The third-order valence-electron chi connectivity index (χ3n) is 12.8. The molecule has 0 fully saturated rings. The Bertz CT molecular complexity index is 4380. The van der Waals surface area contributed by atoms with Gasteiger partial charge in [0.15, 0.2) is 0 Å². The third kappa shape index (κ3) is 6.94. The van der Waals surface area contributed by atoms with Crippen LogP contribution in [0.1, 0.15) is 51.4 Å². The number of hydrogen-bond acceptors (Lipinski definition) is 2. The first-order chi connectivity index (χ1) is 33.1. The van der Waals surface area contributed by atoms with Gasteiger partial charge in [-0.15, -0.1) is 5.92 Å². The van der Waals surface area contributed by atoms with Crippen molar-refractivity contribution in [2.24, 2.45) is 0 Å². The van der Waals surface area contributed by atoms with Gasteiger partial charge < -0.3 is 4.42 Å². The number of nitrogens with zero attached hydrogens (tertiary/aromatic N) is 1. The molecule has 1 heterocycles. The van der Waals surface area contributed by atoms with Crippen LogP contribution in [0.25, 0.3) is 86.4 Å². The standard InChI is InChI=1S/C65H35NO/c1-2-12-52-57-33-45-16-6-7-17-46(45)34-58(57)53(61-37-49-20-11-21-51(41-66)56(49)39-63(52)61)22-10-15-43-23-25-44(26-24-43)28-30-55-60-36-48-19-9-8-18-47(48)35-59(60)54(29-27-42-13-4-3-5-14-42)62-38-50-31-32-67-65(50)40-64(55)62/h3-9,11,13-14,16-21,23-26,31-40H,15H2,1H3. The molecule has 0 aliphatic heterocycles. The maximum Gasteiger partial charge on any atom is 0.134 e. The van der Waals surface area contributed by atoms with E-state index in [1.807, 2.05) is 55.5 Å². The van der Waals surface area contributed by atoms with Crippen LogP contribution in [-0.4, -0.2) is 0 Å². The average molecular weight is 846 g/mol. The van der Waals surface area contributed by atoms with E-state index in [9.17, 15) is 5.26 Å². The van der Waals surface area contributed by atoms with E-state index in [1.54, 1.807) is 6.26 Å². The fourth-order valence-corrected chi connectivity index (χ4v) is 9.54. The monoisotopic (exact) mass is 845 g/mol. The van der Waals surface area contributed by atoms with Crippen molar-refractivity contribution < 1.29 is 4.42 Å². The molecule has 0 spiro atoms. The zero-order chi connectivity index (χ0) is 44.8. The van der Waals surface area contributed by atoms with Crippen LogP contribution in [0.15, 0.2) is 187 Å². The highest BCUT2D eigenvalue weighted by molar-refractivity contribution is 6.18. The van der Waals surface area contributed by atoms with Crippen molar-refractivity contribution in [2.75, 3.05) is 0 Å². The molecule has 0 atom stereocenters. The SMILES string of the molecule is CC#Cc1c2cc3ccccc3cc2c(C#CCc2ccc(C#Cc3c4cc5ccccc5cc4c(C#Cc4ccccc4)c4cc5ccoc5cc34)cc2)c2cc3cccc(C#N)c3cc12. The van der Waals surface area contributed by atoms with Gasteiger partial charge in [0.1, 0.15) is 5.58 Å². The zero-order valence-electron chi connectivity index (χ0n) is 36.4. The fourth-order valence-electron chi connectivity index (χ4n) is 9.54. The Kier molecular flexibility index (Phi) is 9.49. The summed E-state index contributed by atoms with van der Waals surface area (Å²) in [5, 5.41) is 25.8. The molecular formula is C65H35NO. The summed E-state index contributed by atoms with van der Waals surface area (Å²) in [5.41, 5.74) is 8.24. The number of furan rings is 1. The molecule has 0 aliphatic carbocycles. The Labute approximate surface area is 387 Å². The highest BCUT2D eigenvalue weighted by Crippen LogP contribution is 2.39. The maximum absolute atomic E-state index is 10.0. The predicted octanol–water partition coefficient (Wildman–Crippen LogP) is 15.1. The highest BCUT2D eigenvalue weighted by atomic mass is 16.3. The lowest BCUT2D eigenvalue weighted by Crippen LogP contribution is -1.93. The molecule has 0 bridgehead atoms. The second kappa shape index (κ2) is 16.3. The summed E-state index contributed by atoms with van der Waals surface area (Å²) in [5.74, 6) is 28.0. The Balaban J connectivity index is 0.960. The molecule has 306 valence electrons. The Morgan fingerprint density at radius 1 is 0.388 bits per heavy atom. The van der Waals surface area contributed by atoms with Gasteiger partial charge in [-0.25, -0.2) is 0 Å². The van der Waals surface area contributed by atoms with Gasteiger partial charge >= 0.3 is 0 Å². The lowest BCUT2D eigenvalue weighted by Gasteiger charge is -2.14. The predicted molar refractivity (Wildman–Crippen MR) is 278 cm³/mol. The topological polar surface area (TPSA) is 36.9 Å². The van der Waals surface area contributed by atoms with E-state index < -0.39 is 0 Å². The maximum atomic E-state index is 10.0. The quantitative estimate of drug-likeness (QED) is 0.122. The fraction of sp³-hybridized carbons (Fsp3) is 0.0308. The summed E-state index contributed by atoms with van der Waals surface area (Å²) in [6.45, 7) is 1.87. The van der Waals surface area contributed by atoms with E-state index in [2.05, 4.69) is 181 Å². The van der Waals surface area contributed by atoms with Crippen molar-refractivity contribution in [1.82, 2.24) is 0 Å². The normalized spacial score (nSPS) is 10.9. The van der Waals surface area contributed by atoms with Gasteiger partial charge in [-0.2, -0.15) is 5.26 Å². The van der Waals surface area contributed by atoms with Gasteiger partial charge in [0.05, 0.1) is 17.9 Å². The summed E-state index contributed by atoms with van der Waals surface area (Å²) in [4.78, 5) is 0. The molecule has 2 heteroatoms. The summed E-state index contributed by atoms with van der Waals surface area (Å²) in [6, 6.07) is 63.3. The van der Waals surface area contributed by atoms with Crippen LogP contribution in [0.5, 0.6) is 0 Å². The van der Waals surface area contributed by atoms with E-state index >= 15 is 0 Å². The number of hydrogen-bond donors (Lipinski definition) is 0. The molecule has 2 nitrogen and oxygen atoms in total. The van der Waals surface area contributed by atoms with E-state index in [0.717, 1.165) is 125 Å². The number of rotatable bonds is 1. The van der Waals surface area contributed by atoms with E-state index in [4.69, 9.17) is 4.42 Å². The number of fused-ring (bicyclic) bond motifs is 8. The van der Waals surface area contributed by atoms with Gasteiger partial charge in [0.25, 0.3) is 0 Å². The largest absolute Gasteiger partial charge is 0.464 e. The van der Waals surface area contributed by atoms with Crippen molar-refractivity contribution in [3.05, 3.63) is 227 Å². The van der Waals surface area contributed by atoms with Gasteiger partial charge in [-0.1, -0.05) is 132 Å². The molecule has 0 N–H and O–H groups in total. The molecular weight excluding hydrogens is 811 g/mol. The smallest absolute Gasteiger partial charge is 0.134 e. The lowest BCUT2D eigenvalue weighted by atomic mass is 9.88. The van der Waals surface area contributed by atoms with Gasteiger partial charge in [0, 0.05) is 61.3 Å². The molecule has 12 rings (SSSR count). The molecule has 1 aromatic heterocycles. The lowest BCUT2D eigenvalue weighted by molar-refractivity contribution is 0.616. The van der Waals surface area contributed by atoms with Crippen LogP contribution < -0.4 is 0 Å². The minimum atomic E-state index is 0.555. The zero-order valence-corrected chi connectivity index (χ0v) is 36.4. The summed E-state index contributed by atoms with van der Waals surface area (Å²) in [6.07, 6.45) is 2.29. The van der Waals surface area contributed by atoms with Crippen LogP contribution in [0, 0.1) is 58.7 Å². The molecule has 0 saturated carbocycles. The van der Waals surface area contributed by atoms with Crippen molar-refractivity contribution in [2.45, 2.75) is 13.3 Å². The molecule has 12 aromatic rings. The van der Waals surface area contributed by atoms with E-state index in [-0.39, 0.29) is 0 Å². The van der Waals surface area contributed by atoms with Crippen LogP contribution in [0.2, 0.25) is 0 Å². The molecule has 0 radical (unpaired) electrons. The molecule has 67 heavy (non-hydrogen) atoms. The van der Waals surface area contributed by atoms with Crippen LogP contribution >= 0.6 is 0 Å². The average Bonchev–Trinajstić information content (AvgIpc) is 3.84. The summed E-state index contributed by atoms with van der Waals surface area (Å²) in [7, 11) is 0. The Hall–Kier alpha value is -9.49. The first-order valence-corrected chi connectivity index (χ1v) is 22.2. The van der Waals surface area contributed by atoms with Crippen LogP contribution in [0.4, 0.5) is 0 Å². The summed E-state index contributed by atoms with van der Waals surface area (Å²) >= 11 is 0. The third-order valence-corrected chi connectivity index (χ3v) is 12.8. The molecule has 0 unspecified atom stereocenters. The molecule has 0 aliphatic rings. The van der Waals surface area contributed by atoms with Crippen molar-refractivity contribution in [3.8, 4) is 53.4 Å². The van der Waals surface area contributed by atoms with Crippen molar-refractivity contribution in [1.29, 1.82) is 5.26 Å². The first kappa shape index (κ1) is 39.1. The van der Waals surface area contributed by atoms with Gasteiger partial charge in [-0.05, 0) is 157 Å². The number of nitriles is 1. The van der Waals surface area contributed by atoms with Crippen molar-refractivity contribution in [3.63, 3.8) is 0 Å². The van der Waals surface area contributed by atoms with Crippen LogP contribution in [-0.2, 0) is 6.42 Å². The molecule has 11 aromatic carbocycles. The number of benzene rings is 11. The second-order valence-electron chi connectivity index (χ2n) is 16.8. The summed E-state index contributed by atoms with van der Waals surface area (Å²) < 4.78 is 5.96.